The highest BCUT2D eigenvalue weighted by Gasteiger charge is 2.02. The summed E-state index contributed by atoms with van der Waals surface area (Å²) in [5.74, 6) is 0.540. The van der Waals surface area contributed by atoms with Gasteiger partial charge in [-0.25, -0.2) is 0 Å². The molecule has 1 nitrogen and oxygen atoms in total. The van der Waals surface area contributed by atoms with Crippen molar-refractivity contribution in [1.29, 1.82) is 0 Å². The van der Waals surface area contributed by atoms with Crippen LogP contribution in [-0.4, -0.2) is 0 Å². The van der Waals surface area contributed by atoms with Gasteiger partial charge >= 0.3 is 0 Å². The molecule has 2 aromatic carbocycles. The summed E-state index contributed by atoms with van der Waals surface area (Å²) in [5.41, 5.74) is 7.59. The Morgan fingerprint density at radius 3 is 2.29 bits per heavy atom. The Kier molecular flexibility index (Phi) is 5.69. The Labute approximate surface area is 117 Å². The van der Waals surface area contributed by atoms with Gasteiger partial charge < -0.3 is 5.73 Å². The average Bonchev–Trinajstić information content (AvgIpc) is 2.33. The lowest BCUT2D eigenvalue weighted by Gasteiger charge is -2.06. The second-order valence-corrected chi connectivity index (χ2v) is 4.80. The van der Waals surface area contributed by atoms with E-state index in [2.05, 4.69) is 6.07 Å². The van der Waals surface area contributed by atoms with Crippen LogP contribution in [0.4, 0.5) is 5.69 Å². The zero-order valence-electron chi connectivity index (χ0n) is 9.10. The van der Waals surface area contributed by atoms with E-state index < -0.39 is 0 Å². The van der Waals surface area contributed by atoms with Gasteiger partial charge in [-0.2, -0.15) is 0 Å². The number of rotatable bonds is 3. The maximum atomic E-state index is 5.89. The molecule has 0 saturated heterocycles. The third kappa shape index (κ3) is 3.84. The lowest BCUT2D eigenvalue weighted by Crippen LogP contribution is -1.84. The van der Waals surface area contributed by atoms with Gasteiger partial charge in [0.2, 0.25) is 0 Å². The SMILES string of the molecule is Cl.Nc1ccc(Sc2ccccc2CCl)cc1. The van der Waals surface area contributed by atoms with Gasteiger partial charge in [-0.05, 0) is 35.9 Å². The highest BCUT2D eigenvalue weighted by Crippen LogP contribution is 2.31. The highest BCUT2D eigenvalue weighted by molar-refractivity contribution is 7.99. The number of hydrogen-bond donors (Lipinski definition) is 1. The van der Waals surface area contributed by atoms with E-state index in [1.54, 1.807) is 11.8 Å². The van der Waals surface area contributed by atoms with Gasteiger partial charge in [0.1, 0.15) is 0 Å². The van der Waals surface area contributed by atoms with Crippen LogP contribution >= 0.6 is 35.8 Å². The first-order valence-electron chi connectivity index (χ1n) is 4.97. The van der Waals surface area contributed by atoms with Crippen molar-refractivity contribution in [2.24, 2.45) is 0 Å². The summed E-state index contributed by atoms with van der Waals surface area (Å²) in [6.07, 6.45) is 0. The molecule has 0 bridgehead atoms. The third-order valence-corrected chi connectivity index (χ3v) is 3.64. The van der Waals surface area contributed by atoms with Crippen LogP contribution in [0.2, 0.25) is 0 Å². The number of nitrogen functional groups attached to an aromatic ring is 1. The van der Waals surface area contributed by atoms with Gasteiger partial charge in [-0.1, -0.05) is 30.0 Å². The maximum absolute atomic E-state index is 5.89. The molecule has 0 aliphatic heterocycles. The summed E-state index contributed by atoms with van der Waals surface area (Å²) < 4.78 is 0. The van der Waals surface area contributed by atoms with Gasteiger partial charge in [0.05, 0.1) is 0 Å². The van der Waals surface area contributed by atoms with Crippen LogP contribution in [-0.2, 0) is 5.88 Å². The van der Waals surface area contributed by atoms with Crippen LogP contribution in [0.1, 0.15) is 5.56 Å². The van der Waals surface area contributed by atoms with Crippen LogP contribution in [0.15, 0.2) is 58.3 Å². The van der Waals surface area contributed by atoms with Crippen LogP contribution in [0.5, 0.6) is 0 Å². The molecule has 0 atom stereocenters. The zero-order chi connectivity index (χ0) is 11.4. The van der Waals surface area contributed by atoms with E-state index in [9.17, 15) is 0 Å². The summed E-state index contributed by atoms with van der Waals surface area (Å²) in [5, 5.41) is 0. The normalized spacial score (nSPS) is 9.71. The van der Waals surface area contributed by atoms with Crippen molar-refractivity contribution in [2.75, 3.05) is 5.73 Å². The molecule has 0 saturated carbocycles. The molecule has 0 aliphatic carbocycles. The summed E-state index contributed by atoms with van der Waals surface area (Å²) in [6, 6.07) is 16.0. The molecule has 17 heavy (non-hydrogen) atoms. The first kappa shape index (κ1) is 14.2. The predicted molar refractivity (Wildman–Crippen MR) is 78.2 cm³/mol. The van der Waals surface area contributed by atoms with E-state index in [-0.39, 0.29) is 12.4 Å². The van der Waals surface area contributed by atoms with Crippen molar-refractivity contribution in [3.63, 3.8) is 0 Å². The third-order valence-electron chi connectivity index (χ3n) is 2.22. The fourth-order valence-corrected chi connectivity index (χ4v) is 2.63. The molecule has 2 rings (SSSR count). The lowest BCUT2D eigenvalue weighted by molar-refractivity contribution is 1.25. The Hall–Kier alpha value is -0.830. The van der Waals surface area contributed by atoms with Crippen molar-refractivity contribution in [3.05, 3.63) is 54.1 Å². The zero-order valence-corrected chi connectivity index (χ0v) is 11.5. The number of hydrogen-bond acceptors (Lipinski definition) is 2. The molecule has 0 heterocycles. The molecule has 0 spiro atoms. The quantitative estimate of drug-likeness (QED) is 0.660. The minimum atomic E-state index is 0. The minimum absolute atomic E-state index is 0. The smallest absolute Gasteiger partial charge is 0.0485 e. The second kappa shape index (κ2) is 6.80. The molecule has 0 amide bonds. The summed E-state index contributed by atoms with van der Waals surface area (Å²) in [4.78, 5) is 2.37. The first-order chi connectivity index (χ1) is 7.79. The second-order valence-electron chi connectivity index (χ2n) is 3.41. The Morgan fingerprint density at radius 1 is 1.00 bits per heavy atom. The Balaban J connectivity index is 0.00000144. The van der Waals surface area contributed by atoms with Gasteiger partial charge in [0, 0.05) is 21.4 Å². The lowest BCUT2D eigenvalue weighted by atomic mass is 10.2. The van der Waals surface area contributed by atoms with Crippen molar-refractivity contribution in [1.82, 2.24) is 0 Å². The largest absolute Gasteiger partial charge is 0.399 e. The van der Waals surface area contributed by atoms with E-state index in [0.717, 1.165) is 11.3 Å². The molecule has 0 fully saturated rings. The average molecular weight is 286 g/mol. The van der Waals surface area contributed by atoms with Crippen LogP contribution in [0, 0.1) is 0 Å². The maximum Gasteiger partial charge on any atom is 0.0485 e. The number of alkyl halides is 1. The highest BCUT2D eigenvalue weighted by atomic mass is 35.5. The van der Waals surface area contributed by atoms with Crippen molar-refractivity contribution in [3.8, 4) is 0 Å². The molecule has 0 radical (unpaired) electrons. The number of anilines is 1. The van der Waals surface area contributed by atoms with Gasteiger partial charge in [-0.15, -0.1) is 24.0 Å². The van der Waals surface area contributed by atoms with E-state index in [0.29, 0.717) is 5.88 Å². The standard InChI is InChI=1S/C13H12ClNS.ClH/c14-9-10-3-1-2-4-13(10)16-12-7-5-11(15)6-8-12;/h1-8H,9,15H2;1H. The van der Waals surface area contributed by atoms with Crippen LogP contribution in [0.3, 0.4) is 0 Å². The number of benzene rings is 2. The molecule has 2 aromatic rings. The molecule has 0 aliphatic rings. The van der Waals surface area contributed by atoms with Crippen LogP contribution in [0.25, 0.3) is 0 Å². The summed E-state index contributed by atoms with van der Waals surface area (Å²) in [6.45, 7) is 0. The molecule has 0 aromatic heterocycles. The predicted octanol–water partition coefficient (Wildman–Crippen LogP) is 4.58. The van der Waals surface area contributed by atoms with Gasteiger partial charge in [-0.3, -0.25) is 0 Å². The Morgan fingerprint density at radius 2 is 1.65 bits per heavy atom. The van der Waals surface area contributed by atoms with Crippen molar-refractivity contribution < 1.29 is 0 Å². The van der Waals surface area contributed by atoms with E-state index in [1.807, 2.05) is 42.5 Å². The molecular formula is C13H13Cl2NS. The first-order valence-corrected chi connectivity index (χ1v) is 6.32. The fraction of sp³-hybridized carbons (Fsp3) is 0.0769. The fourth-order valence-electron chi connectivity index (χ4n) is 1.38. The van der Waals surface area contributed by atoms with Crippen molar-refractivity contribution >= 4 is 41.5 Å². The molecule has 0 unspecified atom stereocenters. The number of halogens is 2. The van der Waals surface area contributed by atoms with Gasteiger partial charge in [0.25, 0.3) is 0 Å². The molecule has 4 heteroatoms. The monoisotopic (exact) mass is 285 g/mol. The molecule has 90 valence electrons. The summed E-state index contributed by atoms with van der Waals surface area (Å²) in [7, 11) is 0. The van der Waals surface area contributed by atoms with Crippen LogP contribution < -0.4 is 5.73 Å². The van der Waals surface area contributed by atoms with E-state index in [1.165, 1.54) is 9.79 Å². The number of nitrogens with two attached hydrogens (primary N) is 1. The Bertz CT molecular complexity index is 471. The minimum Gasteiger partial charge on any atom is -0.399 e. The summed E-state index contributed by atoms with van der Waals surface area (Å²) >= 11 is 7.60. The topological polar surface area (TPSA) is 26.0 Å². The van der Waals surface area contributed by atoms with E-state index in [4.69, 9.17) is 17.3 Å². The molecule has 2 N–H and O–H groups in total. The van der Waals surface area contributed by atoms with Gasteiger partial charge in [0.15, 0.2) is 0 Å². The van der Waals surface area contributed by atoms with Crippen molar-refractivity contribution in [2.45, 2.75) is 15.7 Å². The molecular weight excluding hydrogens is 273 g/mol. The van der Waals surface area contributed by atoms with E-state index >= 15 is 0 Å².